The summed E-state index contributed by atoms with van der Waals surface area (Å²) in [5.41, 5.74) is 2.25. The number of para-hydroxylation sites is 1. The molecule has 4 heteroatoms. The van der Waals surface area contributed by atoms with Gasteiger partial charge in [-0.25, -0.2) is 0 Å². The molecule has 2 amide bonds. The average Bonchev–Trinajstić information content (AvgIpc) is 2.61. The van der Waals surface area contributed by atoms with Gasteiger partial charge >= 0.3 is 11.8 Å². The van der Waals surface area contributed by atoms with Crippen LogP contribution in [0.5, 0.6) is 0 Å². The first-order valence-electron chi connectivity index (χ1n) is 8.24. The molecule has 0 spiro atoms. The molecule has 0 radical (unpaired) electrons. The number of hydrogen-bond donors (Lipinski definition) is 2. The van der Waals surface area contributed by atoms with Gasteiger partial charge in [-0.05, 0) is 40.5 Å². The minimum atomic E-state index is -0.686. The van der Waals surface area contributed by atoms with Crippen molar-refractivity contribution in [3.63, 3.8) is 0 Å². The van der Waals surface area contributed by atoms with Crippen LogP contribution in [0, 0.1) is 0 Å². The second-order valence-electron chi connectivity index (χ2n) is 6.21. The summed E-state index contributed by atoms with van der Waals surface area (Å²) in [5, 5.41) is 7.43. The fourth-order valence-electron chi connectivity index (χ4n) is 2.75. The van der Waals surface area contributed by atoms with Crippen LogP contribution in [0.15, 0.2) is 66.7 Å². The van der Waals surface area contributed by atoms with Crippen molar-refractivity contribution in [3.8, 4) is 0 Å². The van der Waals surface area contributed by atoms with Crippen LogP contribution in [0.3, 0.4) is 0 Å². The van der Waals surface area contributed by atoms with Crippen molar-refractivity contribution >= 4 is 34.0 Å². The van der Waals surface area contributed by atoms with Crippen LogP contribution in [-0.2, 0) is 9.59 Å². The van der Waals surface area contributed by atoms with Crippen LogP contribution in [0.4, 0.5) is 11.4 Å². The zero-order chi connectivity index (χ0) is 17.8. The Morgan fingerprint density at radius 2 is 1.40 bits per heavy atom. The van der Waals surface area contributed by atoms with Gasteiger partial charge in [-0.15, -0.1) is 0 Å². The summed E-state index contributed by atoms with van der Waals surface area (Å²) in [7, 11) is 0. The molecule has 3 aromatic rings. The lowest BCUT2D eigenvalue weighted by Gasteiger charge is -2.13. The van der Waals surface area contributed by atoms with Crippen molar-refractivity contribution in [1.82, 2.24) is 0 Å². The standard InChI is InChI=1S/C21H20N2O2/c1-14(2)18-9-5-6-10-19(18)23-21(25)20(24)22-17-12-11-15-7-3-4-8-16(15)13-17/h3-14H,1-2H3,(H,22,24)(H,23,25). The van der Waals surface area contributed by atoms with Gasteiger partial charge in [0.2, 0.25) is 0 Å². The van der Waals surface area contributed by atoms with Gasteiger partial charge in [-0.1, -0.05) is 62.4 Å². The predicted molar refractivity (Wildman–Crippen MR) is 102 cm³/mol. The fraction of sp³-hybridized carbons (Fsp3) is 0.143. The summed E-state index contributed by atoms with van der Waals surface area (Å²) in [6.07, 6.45) is 0. The van der Waals surface area contributed by atoms with Gasteiger partial charge in [0.05, 0.1) is 0 Å². The molecule has 3 aromatic carbocycles. The molecule has 0 aliphatic rings. The third-order valence-electron chi connectivity index (χ3n) is 4.04. The van der Waals surface area contributed by atoms with E-state index in [1.54, 1.807) is 12.1 Å². The molecule has 4 nitrogen and oxygen atoms in total. The molecular weight excluding hydrogens is 312 g/mol. The number of benzene rings is 3. The highest BCUT2D eigenvalue weighted by atomic mass is 16.2. The number of hydrogen-bond acceptors (Lipinski definition) is 2. The Kier molecular flexibility index (Phi) is 4.80. The average molecular weight is 332 g/mol. The molecule has 3 rings (SSSR count). The minimum Gasteiger partial charge on any atom is -0.318 e. The topological polar surface area (TPSA) is 58.2 Å². The second kappa shape index (κ2) is 7.18. The van der Waals surface area contributed by atoms with Crippen molar-refractivity contribution in [2.45, 2.75) is 19.8 Å². The van der Waals surface area contributed by atoms with Crippen LogP contribution in [0.1, 0.15) is 25.3 Å². The van der Waals surface area contributed by atoms with Gasteiger partial charge in [0, 0.05) is 11.4 Å². The summed E-state index contributed by atoms with van der Waals surface area (Å²) >= 11 is 0. The molecule has 0 aromatic heterocycles. The van der Waals surface area contributed by atoms with E-state index < -0.39 is 11.8 Å². The maximum Gasteiger partial charge on any atom is 0.314 e. The molecular formula is C21H20N2O2. The van der Waals surface area contributed by atoms with Crippen molar-refractivity contribution in [3.05, 3.63) is 72.3 Å². The normalized spacial score (nSPS) is 10.7. The van der Waals surface area contributed by atoms with E-state index in [-0.39, 0.29) is 5.92 Å². The lowest BCUT2D eigenvalue weighted by atomic mass is 10.0. The molecule has 0 aliphatic heterocycles. The van der Waals surface area contributed by atoms with Gasteiger partial charge in [0.25, 0.3) is 0 Å². The Balaban J connectivity index is 1.73. The summed E-state index contributed by atoms with van der Waals surface area (Å²) in [4.78, 5) is 24.4. The number of carbonyl (C=O) groups is 2. The Morgan fingerprint density at radius 3 is 2.16 bits per heavy atom. The molecule has 0 unspecified atom stereocenters. The van der Waals surface area contributed by atoms with Crippen LogP contribution >= 0.6 is 0 Å². The number of rotatable bonds is 3. The van der Waals surface area contributed by atoms with E-state index in [0.717, 1.165) is 16.3 Å². The minimum absolute atomic E-state index is 0.250. The molecule has 0 saturated carbocycles. The Hall–Kier alpha value is -3.14. The molecule has 2 N–H and O–H groups in total. The second-order valence-corrected chi connectivity index (χ2v) is 6.21. The molecule has 126 valence electrons. The molecule has 0 atom stereocenters. The summed E-state index contributed by atoms with van der Waals surface area (Å²) in [6.45, 7) is 4.08. The zero-order valence-corrected chi connectivity index (χ0v) is 14.2. The van der Waals surface area contributed by atoms with E-state index >= 15 is 0 Å². The zero-order valence-electron chi connectivity index (χ0n) is 14.2. The monoisotopic (exact) mass is 332 g/mol. The molecule has 0 saturated heterocycles. The van der Waals surface area contributed by atoms with E-state index in [0.29, 0.717) is 11.4 Å². The summed E-state index contributed by atoms with van der Waals surface area (Å²) < 4.78 is 0. The SMILES string of the molecule is CC(C)c1ccccc1NC(=O)C(=O)Nc1ccc2ccccc2c1. The van der Waals surface area contributed by atoms with E-state index in [1.807, 2.05) is 68.4 Å². The van der Waals surface area contributed by atoms with Gasteiger partial charge in [-0.3, -0.25) is 9.59 Å². The first kappa shape index (κ1) is 16.7. The highest BCUT2D eigenvalue weighted by molar-refractivity contribution is 6.43. The first-order valence-corrected chi connectivity index (χ1v) is 8.24. The molecule has 25 heavy (non-hydrogen) atoms. The maximum absolute atomic E-state index is 12.2. The van der Waals surface area contributed by atoms with Crippen LogP contribution in [-0.4, -0.2) is 11.8 Å². The molecule has 0 heterocycles. The van der Waals surface area contributed by atoms with Gasteiger partial charge in [0.15, 0.2) is 0 Å². The largest absolute Gasteiger partial charge is 0.318 e. The van der Waals surface area contributed by atoms with Crippen LogP contribution in [0.25, 0.3) is 10.8 Å². The van der Waals surface area contributed by atoms with Crippen molar-refractivity contribution < 1.29 is 9.59 Å². The molecule has 0 bridgehead atoms. The predicted octanol–water partition coefficient (Wildman–Crippen LogP) is 4.54. The van der Waals surface area contributed by atoms with Crippen LogP contribution < -0.4 is 10.6 Å². The lowest BCUT2D eigenvalue weighted by molar-refractivity contribution is -0.133. The van der Waals surface area contributed by atoms with Gasteiger partial charge in [-0.2, -0.15) is 0 Å². The Labute approximate surface area is 146 Å². The smallest absolute Gasteiger partial charge is 0.314 e. The maximum atomic E-state index is 12.2. The highest BCUT2D eigenvalue weighted by Gasteiger charge is 2.16. The Morgan fingerprint density at radius 1 is 0.760 bits per heavy atom. The first-order chi connectivity index (χ1) is 12.0. The summed E-state index contributed by atoms with van der Waals surface area (Å²) in [5.74, 6) is -1.12. The van der Waals surface area contributed by atoms with E-state index in [2.05, 4.69) is 10.6 Å². The van der Waals surface area contributed by atoms with Gasteiger partial charge in [0.1, 0.15) is 0 Å². The number of carbonyl (C=O) groups excluding carboxylic acids is 2. The summed E-state index contributed by atoms with van der Waals surface area (Å²) in [6, 6.07) is 20.9. The van der Waals surface area contributed by atoms with Gasteiger partial charge < -0.3 is 10.6 Å². The van der Waals surface area contributed by atoms with E-state index in [1.165, 1.54) is 0 Å². The third-order valence-corrected chi connectivity index (χ3v) is 4.04. The molecule has 0 fully saturated rings. The van der Waals surface area contributed by atoms with Crippen molar-refractivity contribution in [2.75, 3.05) is 10.6 Å². The quantitative estimate of drug-likeness (QED) is 0.692. The Bertz CT molecular complexity index is 932. The number of anilines is 2. The van der Waals surface area contributed by atoms with E-state index in [9.17, 15) is 9.59 Å². The fourth-order valence-corrected chi connectivity index (χ4v) is 2.75. The van der Waals surface area contributed by atoms with Crippen molar-refractivity contribution in [1.29, 1.82) is 0 Å². The number of nitrogens with one attached hydrogen (secondary N) is 2. The number of amides is 2. The van der Waals surface area contributed by atoms with Crippen molar-refractivity contribution in [2.24, 2.45) is 0 Å². The van der Waals surface area contributed by atoms with E-state index in [4.69, 9.17) is 0 Å². The third kappa shape index (κ3) is 3.86. The molecule has 0 aliphatic carbocycles. The van der Waals surface area contributed by atoms with Crippen LogP contribution in [0.2, 0.25) is 0 Å². The highest BCUT2D eigenvalue weighted by Crippen LogP contribution is 2.24. The lowest BCUT2D eigenvalue weighted by Crippen LogP contribution is -2.29. The number of fused-ring (bicyclic) bond motifs is 1.